The van der Waals surface area contributed by atoms with Crippen molar-refractivity contribution in [1.82, 2.24) is 10.0 Å². The van der Waals surface area contributed by atoms with E-state index in [1.807, 2.05) is 13.8 Å². The molecule has 6 nitrogen and oxygen atoms in total. The highest BCUT2D eigenvalue weighted by Crippen LogP contribution is 2.14. The van der Waals surface area contributed by atoms with E-state index in [1.54, 1.807) is 26.0 Å². The summed E-state index contributed by atoms with van der Waals surface area (Å²) in [5, 5.41) is 5.58. The molecule has 0 heterocycles. The zero-order chi connectivity index (χ0) is 17.6. The Morgan fingerprint density at radius 3 is 2.22 bits per heavy atom. The molecule has 1 amide bonds. The van der Waals surface area contributed by atoms with Crippen molar-refractivity contribution in [3.05, 3.63) is 24.3 Å². The normalized spacial score (nSPS) is 12.7. The summed E-state index contributed by atoms with van der Waals surface area (Å²) in [5.74, 6) is -0.353. The number of nitrogens with one attached hydrogen (secondary N) is 3. The van der Waals surface area contributed by atoms with Crippen molar-refractivity contribution in [2.45, 2.75) is 45.1 Å². The maximum Gasteiger partial charge on any atom is 0.240 e. The van der Waals surface area contributed by atoms with Crippen LogP contribution in [0.4, 0.5) is 5.69 Å². The monoisotopic (exact) mass is 357 g/mol. The fourth-order valence-corrected chi connectivity index (χ4v) is 3.10. The molecular formula is C15H23N3O3S2. The second kappa shape index (κ2) is 8.37. The smallest absolute Gasteiger partial charge is 0.240 e. The lowest BCUT2D eigenvalue weighted by Crippen LogP contribution is -2.36. The van der Waals surface area contributed by atoms with Crippen molar-refractivity contribution in [1.29, 1.82) is 0 Å². The van der Waals surface area contributed by atoms with E-state index in [0.717, 1.165) is 0 Å². The van der Waals surface area contributed by atoms with Gasteiger partial charge in [-0.05, 0) is 49.8 Å². The van der Waals surface area contributed by atoms with Crippen LogP contribution in [-0.2, 0) is 14.8 Å². The third-order valence-electron chi connectivity index (χ3n) is 3.15. The number of anilines is 1. The van der Waals surface area contributed by atoms with Crippen LogP contribution >= 0.6 is 12.2 Å². The first-order valence-electron chi connectivity index (χ1n) is 7.40. The zero-order valence-corrected chi connectivity index (χ0v) is 15.3. The minimum atomic E-state index is -3.53. The average molecular weight is 358 g/mol. The number of amides is 1. The molecule has 1 unspecified atom stereocenters. The van der Waals surface area contributed by atoms with Gasteiger partial charge in [0, 0.05) is 17.6 Å². The largest absolute Gasteiger partial charge is 0.332 e. The van der Waals surface area contributed by atoms with Crippen molar-refractivity contribution in [2.24, 2.45) is 5.92 Å². The topological polar surface area (TPSA) is 87.3 Å². The molecule has 0 radical (unpaired) electrons. The van der Waals surface area contributed by atoms with Gasteiger partial charge in [-0.2, -0.15) is 0 Å². The van der Waals surface area contributed by atoms with E-state index in [4.69, 9.17) is 12.2 Å². The quantitative estimate of drug-likeness (QED) is 0.680. The highest BCUT2D eigenvalue weighted by atomic mass is 32.2. The summed E-state index contributed by atoms with van der Waals surface area (Å²) >= 11 is 5.04. The SMILES string of the molecule is CCC(C)NS(=O)(=O)c1ccc(NC(=S)NC(=O)C(C)C)cc1. The van der Waals surface area contributed by atoms with Gasteiger partial charge < -0.3 is 10.6 Å². The third-order valence-corrected chi connectivity index (χ3v) is 4.96. The molecule has 0 aliphatic carbocycles. The summed E-state index contributed by atoms with van der Waals surface area (Å²) in [7, 11) is -3.53. The Morgan fingerprint density at radius 2 is 1.74 bits per heavy atom. The van der Waals surface area contributed by atoms with Crippen LogP contribution in [0.25, 0.3) is 0 Å². The first kappa shape index (κ1) is 19.5. The Labute approximate surface area is 143 Å². The summed E-state index contributed by atoms with van der Waals surface area (Å²) in [4.78, 5) is 11.7. The number of carbonyl (C=O) groups is 1. The molecule has 0 bridgehead atoms. The van der Waals surface area contributed by atoms with Crippen LogP contribution in [-0.4, -0.2) is 25.5 Å². The zero-order valence-electron chi connectivity index (χ0n) is 13.7. The van der Waals surface area contributed by atoms with Crippen LogP contribution in [0.5, 0.6) is 0 Å². The second-order valence-electron chi connectivity index (χ2n) is 5.55. The Kier molecular flexibility index (Phi) is 7.11. The third kappa shape index (κ3) is 6.25. The van der Waals surface area contributed by atoms with E-state index >= 15 is 0 Å². The van der Waals surface area contributed by atoms with Crippen LogP contribution in [0.3, 0.4) is 0 Å². The number of benzene rings is 1. The number of hydrogen-bond acceptors (Lipinski definition) is 4. The molecule has 8 heteroatoms. The van der Waals surface area contributed by atoms with Gasteiger partial charge in [-0.1, -0.05) is 20.8 Å². The van der Waals surface area contributed by atoms with Gasteiger partial charge in [0.05, 0.1) is 4.90 Å². The highest BCUT2D eigenvalue weighted by Gasteiger charge is 2.16. The summed E-state index contributed by atoms with van der Waals surface area (Å²) in [5.41, 5.74) is 0.599. The van der Waals surface area contributed by atoms with Crippen LogP contribution in [0.2, 0.25) is 0 Å². The summed E-state index contributed by atoms with van der Waals surface area (Å²) in [6.45, 7) is 7.25. The maximum atomic E-state index is 12.1. The van der Waals surface area contributed by atoms with E-state index < -0.39 is 10.0 Å². The lowest BCUT2D eigenvalue weighted by molar-refractivity contribution is -0.122. The summed E-state index contributed by atoms with van der Waals surface area (Å²) in [6.07, 6.45) is 0.711. The second-order valence-corrected chi connectivity index (χ2v) is 7.68. The first-order chi connectivity index (χ1) is 10.7. The van der Waals surface area contributed by atoms with E-state index in [0.29, 0.717) is 12.1 Å². The van der Waals surface area contributed by atoms with Crippen LogP contribution < -0.4 is 15.4 Å². The predicted molar refractivity (Wildman–Crippen MR) is 95.7 cm³/mol. The molecule has 128 valence electrons. The lowest BCUT2D eigenvalue weighted by Gasteiger charge is -2.13. The molecule has 1 rings (SSSR count). The predicted octanol–water partition coefficient (Wildman–Crippen LogP) is 2.23. The fraction of sp³-hybridized carbons (Fsp3) is 0.467. The molecule has 3 N–H and O–H groups in total. The summed E-state index contributed by atoms with van der Waals surface area (Å²) < 4.78 is 26.9. The van der Waals surface area contributed by atoms with E-state index in [2.05, 4.69) is 15.4 Å². The van der Waals surface area contributed by atoms with Gasteiger partial charge in [-0.3, -0.25) is 4.79 Å². The first-order valence-corrected chi connectivity index (χ1v) is 9.29. The van der Waals surface area contributed by atoms with Crippen molar-refractivity contribution >= 4 is 38.9 Å². The Morgan fingerprint density at radius 1 is 1.17 bits per heavy atom. The molecular weight excluding hydrogens is 334 g/mol. The van der Waals surface area contributed by atoms with Gasteiger partial charge in [0.25, 0.3) is 0 Å². The highest BCUT2D eigenvalue weighted by molar-refractivity contribution is 7.89. The van der Waals surface area contributed by atoms with Gasteiger partial charge in [0.2, 0.25) is 15.9 Å². The number of carbonyl (C=O) groups excluding carboxylic acids is 1. The van der Waals surface area contributed by atoms with Gasteiger partial charge in [0.15, 0.2) is 5.11 Å². The molecule has 0 fully saturated rings. The summed E-state index contributed by atoms with van der Waals surface area (Å²) in [6, 6.07) is 6.04. The minimum Gasteiger partial charge on any atom is -0.332 e. The van der Waals surface area contributed by atoms with Gasteiger partial charge in [-0.25, -0.2) is 13.1 Å². The van der Waals surface area contributed by atoms with Gasteiger partial charge in [-0.15, -0.1) is 0 Å². The molecule has 23 heavy (non-hydrogen) atoms. The molecule has 0 aliphatic heterocycles. The fourth-order valence-electron chi connectivity index (χ4n) is 1.55. The number of hydrogen-bond donors (Lipinski definition) is 3. The Hall–Kier alpha value is -1.51. The van der Waals surface area contributed by atoms with Crippen LogP contribution in [0.15, 0.2) is 29.2 Å². The molecule has 0 aliphatic rings. The molecule has 0 spiro atoms. The standard InChI is InChI=1S/C15H23N3O3S2/c1-5-11(4)18-23(20,21)13-8-6-12(7-9-13)16-15(22)17-14(19)10(2)3/h6-11,18H,5H2,1-4H3,(H2,16,17,19,22). The van der Waals surface area contributed by atoms with Crippen molar-refractivity contribution < 1.29 is 13.2 Å². The van der Waals surface area contributed by atoms with Gasteiger partial charge in [0.1, 0.15) is 0 Å². The van der Waals surface area contributed by atoms with Crippen molar-refractivity contribution in [3.63, 3.8) is 0 Å². The van der Waals surface area contributed by atoms with Crippen LogP contribution in [0.1, 0.15) is 34.1 Å². The molecule has 0 saturated heterocycles. The Balaban J connectivity index is 2.73. The van der Waals surface area contributed by atoms with Gasteiger partial charge >= 0.3 is 0 Å². The van der Waals surface area contributed by atoms with E-state index in [1.165, 1.54) is 12.1 Å². The van der Waals surface area contributed by atoms with E-state index in [9.17, 15) is 13.2 Å². The van der Waals surface area contributed by atoms with E-state index in [-0.39, 0.29) is 27.9 Å². The maximum absolute atomic E-state index is 12.1. The molecule has 1 atom stereocenters. The molecule has 1 aromatic carbocycles. The number of thiocarbonyl (C=S) groups is 1. The minimum absolute atomic E-state index is 0.128. The average Bonchev–Trinajstić information content (AvgIpc) is 2.46. The number of sulfonamides is 1. The van der Waals surface area contributed by atoms with Crippen LogP contribution in [0, 0.1) is 5.92 Å². The van der Waals surface area contributed by atoms with Crippen molar-refractivity contribution in [3.8, 4) is 0 Å². The number of rotatable bonds is 6. The lowest BCUT2D eigenvalue weighted by atomic mass is 10.2. The van der Waals surface area contributed by atoms with Crippen molar-refractivity contribution in [2.75, 3.05) is 5.32 Å². The molecule has 0 saturated carbocycles. The Bertz CT molecular complexity index is 655. The molecule has 1 aromatic rings. The molecule has 0 aromatic heterocycles.